The van der Waals surface area contributed by atoms with Crippen LogP contribution in [0.4, 0.5) is 0 Å². The van der Waals surface area contributed by atoms with E-state index in [0.717, 1.165) is 6.26 Å². The molecule has 0 atom stereocenters. The second kappa shape index (κ2) is 2.75. The van der Waals surface area contributed by atoms with Crippen LogP contribution in [0.3, 0.4) is 0 Å². The van der Waals surface area contributed by atoms with E-state index in [1.807, 2.05) is 0 Å². The molecule has 6 heteroatoms. The molecule has 0 N–H and O–H groups in total. The monoisotopic (exact) mass is 191 g/mol. The maximum Gasteiger partial charge on any atom is 0.247 e. The Morgan fingerprint density at radius 1 is 1.64 bits per heavy atom. The van der Waals surface area contributed by atoms with Gasteiger partial charge in [0.1, 0.15) is 6.20 Å². The van der Waals surface area contributed by atoms with Crippen molar-refractivity contribution in [2.24, 2.45) is 0 Å². The van der Waals surface area contributed by atoms with Crippen molar-refractivity contribution >= 4 is 21.4 Å². The van der Waals surface area contributed by atoms with Crippen molar-refractivity contribution in [1.82, 2.24) is 9.97 Å². The minimum absolute atomic E-state index is 0.192. The molecule has 0 aliphatic carbocycles. The fourth-order valence-corrected chi connectivity index (χ4v) is 0.996. The molecule has 1 radical (unpaired) electrons. The molecule has 0 aromatic carbocycles. The Labute approximate surface area is 69.2 Å². The summed E-state index contributed by atoms with van der Waals surface area (Å²) in [5.41, 5.74) is 0. The maximum atomic E-state index is 10.8. The van der Waals surface area contributed by atoms with Gasteiger partial charge < -0.3 is 0 Å². The zero-order valence-electron chi connectivity index (χ0n) is 5.57. The van der Waals surface area contributed by atoms with Gasteiger partial charge in [-0.25, -0.2) is 18.4 Å². The Bertz CT molecular complexity index is 345. The summed E-state index contributed by atoms with van der Waals surface area (Å²) >= 11 is 5.39. The molecular weight excluding hydrogens is 188 g/mol. The zero-order chi connectivity index (χ0) is 8.48. The Morgan fingerprint density at radius 3 is 2.64 bits per heavy atom. The van der Waals surface area contributed by atoms with Gasteiger partial charge in [0.25, 0.3) is 0 Å². The molecule has 1 aromatic heterocycles. The van der Waals surface area contributed by atoms with E-state index in [1.165, 1.54) is 6.20 Å². The summed E-state index contributed by atoms with van der Waals surface area (Å²) in [5.74, 6) is 0. The van der Waals surface area contributed by atoms with Crippen LogP contribution in [0.25, 0.3) is 0 Å². The molecule has 0 fully saturated rings. The second-order valence-electron chi connectivity index (χ2n) is 1.88. The first-order valence-electron chi connectivity index (χ1n) is 2.60. The van der Waals surface area contributed by atoms with E-state index < -0.39 is 9.84 Å². The normalized spacial score (nSPS) is 11.5. The third-order valence-electron chi connectivity index (χ3n) is 0.878. The molecular formula is C5H4ClN2O2S. The fourth-order valence-electron chi connectivity index (χ4n) is 0.450. The highest BCUT2D eigenvalue weighted by Crippen LogP contribution is 2.04. The first kappa shape index (κ1) is 8.42. The smallest absolute Gasteiger partial charge is 0.225 e. The number of sulfone groups is 1. The van der Waals surface area contributed by atoms with Crippen LogP contribution in [-0.2, 0) is 9.84 Å². The lowest BCUT2D eigenvalue weighted by Crippen LogP contribution is -2.02. The van der Waals surface area contributed by atoms with Gasteiger partial charge in [-0.3, -0.25) is 0 Å². The molecule has 0 amide bonds. The lowest BCUT2D eigenvalue weighted by Gasteiger charge is -1.92. The molecule has 0 aliphatic heterocycles. The zero-order valence-corrected chi connectivity index (χ0v) is 7.15. The number of hydrogen-bond acceptors (Lipinski definition) is 4. The Morgan fingerprint density at radius 2 is 2.27 bits per heavy atom. The van der Waals surface area contributed by atoms with E-state index in [-0.39, 0.29) is 10.2 Å². The first-order chi connectivity index (χ1) is 5.00. The predicted molar refractivity (Wildman–Crippen MR) is 39.0 cm³/mol. The van der Waals surface area contributed by atoms with Crippen LogP contribution in [0.5, 0.6) is 0 Å². The van der Waals surface area contributed by atoms with E-state index in [2.05, 4.69) is 16.2 Å². The highest BCUT2D eigenvalue weighted by atomic mass is 35.5. The van der Waals surface area contributed by atoms with Crippen molar-refractivity contribution in [3.8, 4) is 0 Å². The van der Waals surface area contributed by atoms with E-state index in [1.54, 1.807) is 0 Å². The predicted octanol–water partition coefficient (Wildman–Crippen LogP) is 0.334. The topological polar surface area (TPSA) is 59.9 Å². The van der Waals surface area contributed by atoms with Gasteiger partial charge in [0.15, 0.2) is 0 Å². The number of rotatable bonds is 1. The van der Waals surface area contributed by atoms with Crippen LogP contribution in [0.1, 0.15) is 0 Å². The molecule has 1 rings (SSSR count). The van der Waals surface area contributed by atoms with Crippen LogP contribution in [-0.4, -0.2) is 24.6 Å². The molecule has 0 aliphatic rings. The third kappa shape index (κ3) is 2.13. The first-order valence-corrected chi connectivity index (χ1v) is 4.87. The number of aromatic nitrogens is 2. The van der Waals surface area contributed by atoms with Crippen LogP contribution >= 0.6 is 11.6 Å². The summed E-state index contributed by atoms with van der Waals surface area (Å²) in [5, 5.41) is -0.0701. The van der Waals surface area contributed by atoms with Gasteiger partial charge in [-0.2, -0.15) is 0 Å². The lowest BCUT2D eigenvalue weighted by atomic mass is 10.7. The summed E-state index contributed by atoms with van der Waals surface area (Å²) < 4.78 is 21.5. The molecule has 1 aromatic rings. The van der Waals surface area contributed by atoms with Crippen molar-refractivity contribution in [2.45, 2.75) is 5.16 Å². The summed E-state index contributed by atoms with van der Waals surface area (Å²) in [6.07, 6.45) is 4.48. The third-order valence-corrected chi connectivity index (χ3v) is 1.92. The minimum atomic E-state index is -3.33. The number of halogens is 1. The van der Waals surface area contributed by atoms with E-state index in [4.69, 9.17) is 11.6 Å². The summed E-state index contributed by atoms with van der Waals surface area (Å²) in [6, 6.07) is 0. The molecule has 59 valence electrons. The molecule has 1 heterocycles. The lowest BCUT2D eigenvalue weighted by molar-refractivity contribution is 0.593. The average molecular weight is 192 g/mol. The van der Waals surface area contributed by atoms with E-state index >= 15 is 0 Å². The van der Waals surface area contributed by atoms with Gasteiger partial charge in [0.2, 0.25) is 15.0 Å². The van der Waals surface area contributed by atoms with Crippen LogP contribution < -0.4 is 0 Å². The van der Waals surface area contributed by atoms with Gasteiger partial charge in [-0.05, 0) is 0 Å². The standard InChI is InChI=1S/C5H4ClN2O2S/c1-11(9,10)5-7-2-4(6)3-8-5/h2H,1H3. The summed E-state index contributed by atoms with van der Waals surface area (Å²) in [6.45, 7) is 0. The maximum absolute atomic E-state index is 10.8. The number of hydrogen-bond donors (Lipinski definition) is 0. The minimum Gasteiger partial charge on any atom is -0.225 e. The Balaban J connectivity index is 3.20. The van der Waals surface area contributed by atoms with Gasteiger partial charge in [0, 0.05) is 6.26 Å². The molecule has 0 bridgehead atoms. The van der Waals surface area contributed by atoms with Gasteiger partial charge in [0.05, 0.1) is 11.2 Å². The van der Waals surface area contributed by atoms with Crippen LogP contribution in [0, 0.1) is 6.20 Å². The van der Waals surface area contributed by atoms with Gasteiger partial charge in [-0.1, -0.05) is 11.6 Å². The quantitative estimate of drug-likeness (QED) is 0.601. The number of nitrogens with zero attached hydrogens (tertiary/aromatic N) is 2. The van der Waals surface area contributed by atoms with Crippen LogP contribution in [0.2, 0.25) is 5.02 Å². The van der Waals surface area contributed by atoms with E-state index in [9.17, 15) is 8.42 Å². The molecule has 11 heavy (non-hydrogen) atoms. The van der Waals surface area contributed by atoms with Gasteiger partial charge in [-0.15, -0.1) is 0 Å². The average Bonchev–Trinajstić information content (AvgIpc) is 1.86. The Kier molecular flexibility index (Phi) is 2.10. The molecule has 0 spiro atoms. The van der Waals surface area contributed by atoms with Gasteiger partial charge >= 0.3 is 0 Å². The van der Waals surface area contributed by atoms with E-state index in [0.29, 0.717) is 0 Å². The van der Waals surface area contributed by atoms with Crippen LogP contribution in [0.15, 0.2) is 11.4 Å². The van der Waals surface area contributed by atoms with Crippen molar-refractivity contribution in [1.29, 1.82) is 0 Å². The highest BCUT2D eigenvalue weighted by molar-refractivity contribution is 7.90. The molecule has 4 nitrogen and oxygen atoms in total. The molecule has 0 saturated carbocycles. The van der Waals surface area contributed by atoms with Crippen molar-refractivity contribution in [3.63, 3.8) is 0 Å². The fraction of sp³-hybridized carbons (Fsp3) is 0.200. The molecule has 0 unspecified atom stereocenters. The molecule has 0 saturated heterocycles. The SMILES string of the molecule is CS(=O)(=O)c1n[c]c(Cl)cn1. The second-order valence-corrected chi connectivity index (χ2v) is 4.20. The largest absolute Gasteiger partial charge is 0.247 e. The van der Waals surface area contributed by atoms with Crippen molar-refractivity contribution in [3.05, 3.63) is 17.4 Å². The highest BCUT2D eigenvalue weighted by Gasteiger charge is 2.09. The van der Waals surface area contributed by atoms with Crippen molar-refractivity contribution < 1.29 is 8.42 Å². The van der Waals surface area contributed by atoms with Crippen molar-refractivity contribution in [2.75, 3.05) is 6.26 Å². The summed E-state index contributed by atoms with van der Waals surface area (Å²) in [7, 11) is -3.33. The summed E-state index contributed by atoms with van der Waals surface area (Å²) in [4.78, 5) is 6.88. The Hall–Kier alpha value is -0.680.